The van der Waals surface area contributed by atoms with Crippen molar-refractivity contribution in [3.8, 4) is 11.8 Å². The van der Waals surface area contributed by atoms with Crippen LogP contribution < -0.4 is 20.7 Å². The van der Waals surface area contributed by atoms with Crippen LogP contribution in [0.1, 0.15) is 5.56 Å². The maximum absolute atomic E-state index is 9.75. The van der Waals surface area contributed by atoms with Crippen LogP contribution in [0.3, 0.4) is 0 Å². The van der Waals surface area contributed by atoms with Gasteiger partial charge in [0.15, 0.2) is 8.07 Å². The minimum absolute atomic E-state index is 0.664. The van der Waals surface area contributed by atoms with Gasteiger partial charge in [-0.2, -0.15) is 5.26 Å². The largest absolute Gasteiger partial charge is 0.309 e. The highest BCUT2D eigenvalue weighted by molar-refractivity contribution is 7.26. The molecule has 0 radical (unpaired) electrons. The van der Waals surface area contributed by atoms with E-state index < -0.39 is 8.07 Å². The Morgan fingerprint density at radius 3 is 1.64 bits per heavy atom. The zero-order chi connectivity index (χ0) is 31.4. The van der Waals surface area contributed by atoms with E-state index in [0.717, 1.165) is 22.1 Å². The van der Waals surface area contributed by atoms with Crippen molar-refractivity contribution < 1.29 is 0 Å². The van der Waals surface area contributed by atoms with Gasteiger partial charge in [0.25, 0.3) is 0 Å². The number of thiophene rings is 1. The maximum Gasteiger partial charge on any atom is 0.179 e. The van der Waals surface area contributed by atoms with Gasteiger partial charge in [0.2, 0.25) is 0 Å². The van der Waals surface area contributed by atoms with Crippen LogP contribution in [0.2, 0.25) is 0 Å². The second-order valence-electron chi connectivity index (χ2n) is 12.0. The summed E-state index contributed by atoms with van der Waals surface area (Å²) in [5, 5.41) is 20.1. The molecule has 0 bridgehead atoms. The Labute approximate surface area is 278 Å². The lowest BCUT2D eigenvalue weighted by Crippen LogP contribution is -2.74. The molecular weight excluding hydrogens is 605 g/mol. The first-order valence-electron chi connectivity index (χ1n) is 15.8. The molecule has 4 heteroatoms. The first kappa shape index (κ1) is 27.6. The van der Waals surface area contributed by atoms with Crippen molar-refractivity contribution >= 4 is 82.1 Å². The molecule has 0 saturated heterocycles. The molecule has 0 saturated carbocycles. The lowest BCUT2D eigenvalue weighted by atomic mass is 10.1. The molecule has 0 spiro atoms. The molecule has 0 unspecified atom stereocenters. The summed E-state index contributed by atoms with van der Waals surface area (Å²) >= 11 is 1.85. The molecule has 220 valence electrons. The fraction of sp³-hybridized carbons (Fsp3) is 0. The van der Waals surface area contributed by atoms with Gasteiger partial charge < -0.3 is 4.57 Å². The first-order chi connectivity index (χ1) is 23.3. The smallest absolute Gasteiger partial charge is 0.179 e. The van der Waals surface area contributed by atoms with Gasteiger partial charge in [-0.25, -0.2) is 0 Å². The summed E-state index contributed by atoms with van der Waals surface area (Å²) in [7, 11) is -2.66. The van der Waals surface area contributed by atoms with E-state index >= 15 is 0 Å². The minimum atomic E-state index is -2.66. The zero-order valence-corrected chi connectivity index (χ0v) is 27.3. The van der Waals surface area contributed by atoms with E-state index in [0.29, 0.717) is 5.56 Å². The summed E-state index contributed by atoms with van der Waals surface area (Å²) in [6.45, 7) is 0. The number of nitriles is 1. The van der Waals surface area contributed by atoms with Gasteiger partial charge in [-0.05, 0) is 63.2 Å². The summed E-state index contributed by atoms with van der Waals surface area (Å²) < 4.78 is 4.87. The van der Waals surface area contributed by atoms with Gasteiger partial charge in [-0.1, -0.05) is 127 Å². The summed E-state index contributed by atoms with van der Waals surface area (Å²) in [6.07, 6.45) is 0. The van der Waals surface area contributed by atoms with Crippen molar-refractivity contribution in [1.82, 2.24) is 4.57 Å². The van der Waals surface area contributed by atoms with E-state index in [-0.39, 0.29) is 0 Å². The second kappa shape index (κ2) is 11.0. The molecule has 0 N–H and O–H groups in total. The number of para-hydroxylation sites is 1. The van der Waals surface area contributed by atoms with Crippen molar-refractivity contribution in [3.63, 3.8) is 0 Å². The lowest BCUT2D eigenvalue weighted by Gasteiger charge is -2.34. The van der Waals surface area contributed by atoms with Crippen LogP contribution in [-0.4, -0.2) is 12.6 Å². The lowest BCUT2D eigenvalue weighted by molar-refractivity contribution is 1.19. The van der Waals surface area contributed by atoms with Gasteiger partial charge in [0.1, 0.15) is 0 Å². The van der Waals surface area contributed by atoms with Crippen molar-refractivity contribution in [3.05, 3.63) is 175 Å². The Balaban J connectivity index is 1.34. The standard InChI is InChI=1S/C43H28N2SSi/c44-29-30-20-23-37-36-18-10-11-19-40(36)45(41(37)26-30)31-21-24-42-38(27-31)39-28-35(22-25-43(39)46-42)47(32-12-4-1-5-13-32,33-14-6-2-7-15-33)34-16-8-3-9-17-34/h1-28H. The van der Waals surface area contributed by atoms with Crippen LogP contribution in [0.15, 0.2) is 170 Å². The summed E-state index contributed by atoms with van der Waals surface area (Å²) in [5.41, 5.74) is 3.95. The van der Waals surface area contributed by atoms with E-state index in [1.165, 1.54) is 46.3 Å². The number of nitrogens with zero attached hydrogens (tertiary/aromatic N) is 2. The molecule has 47 heavy (non-hydrogen) atoms. The van der Waals surface area contributed by atoms with Crippen LogP contribution in [-0.2, 0) is 0 Å². The first-order valence-corrected chi connectivity index (χ1v) is 18.6. The SMILES string of the molecule is N#Cc1ccc2c3ccccc3n(-c3ccc4sc5ccc([Si](c6ccccc6)(c6ccccc6)c6ccccc6)cc5c4c3)c2c1. The molecular formula is C43H28N2SSi. The monoisotopic (exact) mass is 632 g/mol. The predicted octanol–water partition coefficient (Wildman–Crippen LogP) is 8.40. The normalized spacial score (nSPS) is 11.8. The Bertz CT molecular complexity index is 2530. The van der Waals surface area contributed by atoms with E-state index in [4.69, 9.17) is 0 Å². The van der Waals surface area contributed by atoms with Crippen molar-refractivity contribution in [2.75, 3.05) is 0 Å². The average molecular weight is 633 g/mol. The summed E-state index contributed by atoms with van der Waals surface area (Å²) in [4.78, 5) is 0. The predicted molar refractivity (Wildman–Crippen MR) is 202 cm³/mol. The van der Waals surface area contributed by atoms with Gasteiger partial charge in [0, 0.05) is 36.6 Å². The number of benzene rings is 7. The van der Waals surface area contributed by atoms with Crippen LogP contribution in [0.4, 0.5) is 0 Å². The third kappa shape index (κ3) is 4.22. The molecule has 0 aliphatic rings. The average Bonchev–Trinajstić information content (AvgIpc) is 3.68. The Kier molecular flexibility index (Phi) is 6.43. The molecule has 0 aliphatic heterocycles. The molecule has 2 aromatic heterocycles. The fourth-order valence-corrected chi connectivity index (χ4v) is 13.4. The summed E-state index contributed by atoms with van der Waals surface area (Å²) in [5.74, 6) is 0. The highest BCUT2D eigenvalue weighted by Gasteiger charge is 2.41. The Morgan fingerprint density at radius 2 is 1.00 bits per heavy atom. The van der Waals surface area contributed by atoms with Crippen LogP contribution >= 0.6 is 11.3 Å². The third-order valence-electron chi connectivity index (χ3n) is 9.57. The second-order valence-corrected chi connectivity index (χ2v) is 16.9. The quantitative estimate of drug-likeness (QED) is 0.138. The van der Waals surface area contributed by atoms with Crippen LogP contribution in [0, 0.1) is 11.3 Å². The maximum atomic E-state index is 9.75. The molecule has 0 amide bonds. The molecule has 0 atom stereocenters. The topological polar surface area (TPSA) is 28.7 Å². The van der Waals surface area contributed by atoms with Gasteiger partial charge >= 0.3 is 0 Å². The van der Waals surface area contributed by atoms with Crippen molar-refractivity contribution in [2.24, 2.45) is 0 Å². The number of rotatable bonds is 5. The van der Waals surface area contributed by atoms with E-state index in [1.807, 2.05) is 23.5 Å². The fourth-order valence-electron chi connectivity index (χ4n) is 7.52. The summed E-state index contributed by atoms with van der Waals surface area (Å²) in [6, 6.07) is 64.2. The molecule has 2 nitrogen and oxygen atoms in total. The highest BCUT2D eigenvalue weighted by atomic mass is 32.1. The molecule has 2 heterocycles. The van der Waals surface area contributed by atoms with Gasteiger partial charge in [0.05, 0.1) is 22.7 Å². The molecule has 9 aromatic rings. The number of hydrogen-bond acceptors (Lipinski definition) is 2. The Hall–Kier alpha value is -5.73. The number of fused-ring (bicyclic) bond motifs is 6. The van der Waals surface area contributed by atoms with E-state index in [1.54, 1.807) is 0 Å². The van der Waals surface area contributed by atoms with E-state index in [9.17, 15) is 5.26 Å². The van der Waals surface area contributed by atoms with E-state index in [2.05, 4.69) is 168 Å². The van der Waals surface area contributed by atoms with Crippen molar-refractivity contribution in [2.45, 2.75) is 0 Å². The molecule has 9 rings (SSSR count). The van der Waals surface area contributed by atoms with Crippen LogP contribution in [0.25, 0.3) is 47.7 Å². The Morgan fingerprint density at radius 1 is 0.447 bits per heavy atom. The number of hydrogen-bond donors (Lipinski definition) is 0. The van der Waals surface area contributed by atoms with Gasteiger partial charge in [-0.15, -0.1) is 11.3 Å². The molecule has 7 aromatic carbocycles. The molecule has 0 fully saturated rings. The minimum Gasteiger partial charge on any atom is -0.309 e. The zero-order valence-electron chi connectivity index (χ0n) is 25.5. The van der Waals surface area contributed by atoms with Crippen LogP contribution in [0.5, 0.6) is 0 Å². The highest BCUT2D eigenvalue weighted by Crippen LogP contribution is 2.38. The van der Waals surface area contributed by atoms with Crippen molar-refractivity contribution in [1.29, 1.82) is 5.26 Å². The number of aromatic nitrogens is 1. The third-order valence-corrected chi connectivity index (χ3v) is 15.5. The van der Waals surface area contributed by atoms with Gasteiger partial charge in [-0.3, -0.25) is 0 Å². The molecule has 0 aliphatic carbocycles.